The van der Waals surface area contributed by atoms with Crippen molar-refractivity contribution in [3.8, 4) is 0 Å². The van der Waals surface area contributed by atoms with Crippen LogP contribution in [-0.4, -0.2) is 11.8 Å². The van der Waals surface area contributed by atoms with Gasteiger partial charge in [-0.15, -0.1) is 0 Å². The number of para-hydroxylation sites is 1. The molecule has 0 saturated carbocycles. The highest BCUT2D eigenvalue weighted by molar-refractivity contribution is 9.10. The summed E-state index contributed by atoms with van der Waals surface area (Å²) in [5.74, 6) is -0.652. The third-order valence-electron chi connectivity index (χ3n) is 3.14. The first-order valence-electron chi connectivity index (χ1n) is 6.41. The number of benzene rings is 2. The van der Waals surface area contributed by atoms with Gasteiger partial charge in [-0.3, -0.25) is 9.59 Å². The van der Waals surface area contributed by atoms with Crippen LogP contribution in [-0.2, 0) is 11.2 Å². The summed E-state index contributed by atoms with van der Waals surface area (Å²) in [6.07, 6.45) is 0.0912. The van der Waals surface area contributed by atoms with Crippen LogP contribution in [0.3, 0.4) is 0 Å². The fraction of sp³-hybridized carbons (Fsp3) is 0.125. The molecule has 3 N–H and O–H groups in total. The summed E-state index contributed by atoms with van der Waals surface area (Å²) in [6, 6.07) is 12.6. The van der Waals surface area contributed by atoms with E-state index >= 15 is 0 Å². The van der Waals surface area contributed by atoms with E-state index in [1.807, 2.05) is 13.0 Å². The van der Waals surface area contributed by atoms with Gasteiger partial charge in [-0.2, -0.15) is 0 Å². The molecule has 0 aliphatic rings. The molecule has 2 amide bonds. The van der Waals surface area contributed by atoms with Crippen LogP contribution in [0.2, 0.25) is 0 Å². The maximum Gasteiger partial charge on any atom is 0.255 e. The molecule has 2 aromatic rings. The lowest BCUT2D eigenvalue weighted by Crippen LogP contribution is -2.18. The van der Waals surface area contributed by atoms with Crippen LogP contribution in [0.1, 0.15) is 21.5 Å². The number of hydrogen-bond donors (Lipinski definition) is 2. The molecule has 4 nitrogen and oxygen atoms in total. The molecule has 0 heterocycles. The van der Waals surface area contributed by atoms with Crippen LogP contribution in [0.4, 0.5) is 5.69 Å². The van der Waals surface area contributed by atoms with E-state index in [0.29, 0.717) is 16.8 Å². The average Bonchev–Trinajstić information content (AvgIpc) is 2.43. The van der Waals surface area contributed by atoms with Crippen LogP contribution in [0.25, 0.3) is 0 Å². The van der Waals surface area contributed by atoms with Crippen LogP contribution in [0.5, 0.6) is 0 Å². The number of anilines is 1. The molecule has 0 atom stereocenters. The summed E-state index contributed by atoms with van der Waals surface area (Å²) in [4.78, 5) is 23.5. The Morgan fingerprint density at radius 1 is 1.14 bits per heavy atom. The molecule has 0 spiro atoms. The van der Waals surface area contributed by atoms with Gasteiger partial charge in [0, 0.05) is 15.7 Å². The maximum atomic E-state index is 12.4. The second-order valence-electron chi connectivity index (χ2n) is 4.67. The Hall–Kier alpha value is -2.14. The number of hydrogen-bond acceptors (Lipinski definition) is 2. The highest BCUT2D eigenvalue weighted by atomic mass is 79.9. The summed E-state index contributed by atoms with van der Waals surface area (Å²) >= 11 is 3.41. The molecule has 21 heavy (non-hydrogen) atoms. The molecule has 0 radical (unpaired) electrons. The van der Waals surface area contributed by atoms with Crippen molar-refractivity contribution >= 4 is 33.4 Å². The zero-order valence-corrected chi connectivity index (χ0v) is 13.1. The fourth-order valence-corrected chi connectivity index (χ4v) is 2.39. The van der Waals surface area contributed by atoms with Gasteiger partial charge in [-0.05, 0) is 36.2 Å². The SMILES string of the molecule is Cc1c(Br)cccc1C(=O)Nc1ccccc1CC(N)=O. The summed E-state index contributed by atoms with van der Waals surface area (Å²) in [5.41, 5.74) is 7.96. The number of nitrogens with one attached hydrogen (secondary N) is 1. The van der Waals surface area contributed by atoms with E-state index in [1.165, 1.54) is 0 Å². The zero-order chi connectivity index (χ0) is 15.4. The van der Waals surface area contributed by atoms with Crippen molar-refractivity contribution < 1.29 is 9.59 Å². The number of amides is 2. The van der Waals surface area contributed by atoms with Gasteiger partial charge < -0.3 is 11.1 Å². The average molecular weight is 347 g/mol. The van der Waals surface area contributed by atoms with Crippen LogP contribution < -0.4 is 11.1 Å². The van der Waals surface area contributed by atoms with E-state index in [0.717, 1.165) is 10.0 Å². The highest BCUT2D eigenvalue weighted by Gasteiger charge is 2.13. The third-order valence-corrected chi connectivity index (χ3v) is 4.00. The van der Waals surface area contributed by atoms with Crippen molar-refractivity contribution in [3.63, 3.8) is 0 Å². The molecule has 2 aromatic carbocycles. The standard InChI is InChI=1S/C16H15BrN2O2/c1-10-12(6-4-7-13(10)17)16(21)19-14-8-3-2-5-11(14)9-15(18)20/h2-8H,9H2,1H3,(H2,18,20)(H,19,21). The first kappa shape index (κ1) is 15.3. The van der Waals surface area contributed by atoms with Gasteiger partial charge in [0.25, 0.3) is 5.91 Å². The largest absolute Gasteiger partial charge is 0.369 e. The van der Waals surface area contributed by atoms with E-state index in [1.54, 1.807) is 36.4 Å². The predicted octanol–water partition coefficient (Wildman–Crippen LogP) is 3.04. The molecule has 0 saturated heterocycles. The number of carbonyl (C=O) groups excluding carboxylic acids is 2. The number of carbonyl (C=O) groups is 2. The van der Waals surface area contributed by atoms with Gasteiger partial charge >= 0.3 is 0 Å². The van der Waals surface area contributed by atoms with E-state index < -0.39 is 5.91 Å². The van der Waals surface area contributed by atoms with Crippen molar-refractivity contribution in [2.75, 3.05) is 5.32 Å². The number of primary amides is 1. The zero-order valence-electron chi connectivity index (χ0n) is 11.5. The second kappa shape index (κ2) is 6.54. The highest BCUT2D eigenvalue weighted by Crippen LogP contribution is 2.22. The Morgan fingerprint density at radius 2 is 1.86 bits per heavy atom. The molecular formula is C16H15BrN2O2. The molecule has 0 bridgehead atoms. The second-order valence-corrected chi connectivity index (χ2v) is 5.52. The quantitative estimate of drug-likeness (QED) is 0.892. The van der Waals surface area contributed by atoms with Crippen molar-refractivity contribution in [2.45, 2.75) is 13.3 Å². The van der Waals surface area contributed by atoms with Crippen LogP contribution in [0, 0.1) is 6.92 Å². The molecular weight excluding hydrogens is 332 g/mol. The van der Waals surface area contributed by atoms with Gasteiger partial charge in [0.1, 0.15) is 0 Å². The molecule has 5 heteroatoms. The van der Waals surface area contributed by atoms with Gasteiger partial charge in [0.15, 0.2) is 0 Å². The first-order valence-corrected chi connectivity index (χ1v) is 7.21. The Balaban J connectivity index is 2.28. The van der Waals surface area contributed by atoms with Crippen molar-refractivity contribution in [3.05, 3.63) is 63.6 Å². The Morgan fingerprint density at radius 3 is 2.57 bits per heavy atom. The maximum absolute atomic E-state index is 12.4. The first-order chi connectivity index (χ1) is 9.99. The minimum Gasteiger partial charge on any atom is -0.369 e. The Bertz CT molecular complexity index is 698. The predicted molar refractivity (Wildman–Crippen MR) is 86.2 cm³/mol. The molecule has 0 aromatic heterocycles. The Labute approximate surface area is 131 Å². The van der Waals surface area contributed by atoms with Gasteiger partial charge in [0.2, 0.25) is 5.91 Å². The fourth-order valence-electron chi connectivity index (χ4n) is 2.03. The minimum absolute atomic E-state index is 0.0912. The van der Waals surface area contributed by atoms with Crippen molar-refractivity contribution in [2.24, 2.45) is 5.73 Å². The lowest BCUT2D eigenvalue weighted by Gasteiger charge is -2.12. The summed E-state index contributed by atoms with van der Waals surface area (Å²) < 4.78 is 0.876. The van der Waals surface area contributed by atoms with Crippen LogP contribution >= 0.6 is 15.9 Å². The molecule has 0 aliphatic carbocycles. The summed E-state index contributed by atoms with van der Waals surface area (Å²) in [7, 11) is 0. The van der Waals surface area contributed by atoms with Gasteiger partial charge in [-0.1, -0.05) is 40.2 Å². The summed E-state index contributed by atoms with van der Waals surface area (Å²) in [5, 5.41) is 2.83. The lowest BCUT2D eigenvalue weighted by molar-refractivity contribution is -0.117. The smallest absolute Gasteiger partial charge is 0.255 e. The minimum atomic E-state index is -0.435. The van der Waals surface area contributed by atoms with Crippen molar-refractivity contribution in [1.82, 2.24) is 0 Å². The van der Waals surface area contributed by atoms with Crippen LogP contribution in [0.15, 0.2) is 46.9 Å². The van der Waals surface area contributed by atoms with Crippen molar-refractivity contribution in [1.29, 1.82) is 0 Å². The third kappa shape index (κ3) is 3.70. The molecule has 0 aliphatic heterocycles. The molecule has 108 valence electrons. The molecule has 0 fully saturated rings. The number of halogens is 1. The van der Waals surface area contributed by atoms with Gasteiger partial charge in [-0.25, -0.2) is 0 Å². The molecule has 0 unspecified atom stereocenters. The molecule has 2 rings (SSSR count). The van der Waals surface area contributed by atoms with Gasteiger partial charge in [0.05, 0.1) is 6.42 Å². The number of nitrogens with two attached hydrogens (primary N) is 1. The normalized spacial score (nSPS) is 10.2. The topological polar surface area (TPSA) is 72.2 Å². The van der Waals surface area contributed by atoms with E-state index in [-0.39, 0.29) is 12.3 Å². The summed E-state index contributed by atoms with van der Waals surface area (Å²) in [6.45, 7) is 1.87. The van der Waals surface area contributed by atoms with E-state index in [2.05, 4.69) is 21.2 Å². The van der Waals surface area contributed by atoms with E-state index in [9.17, 15) is 9.59 Å². The lowest BCUT2D eigenvalue weighted by atomic mass is 10.1. The Kier molecular flexibility index (Phi) is 4.75. The number of rotatable bonds is 4. The van der Waals surface area contributed by atoms with E-state index in [4.69, 9.17) is 5.73 Å². The monoisotopic (exact) mass is 346 g/mol.